The SMILES string of the molecule is CC1(C)CCN(Cc2ccc(C(N)=S)cc2F)CCS1. The van der Waals surface area contributed by atoms with Crippen molar-refractivity contribution in [3.63, 3.8) is 0 Å². The zero-order valence-electron chi connectivity index (χ0n) is 12.0. The minimum Gasteiger partial charge on any atom is -0.389 e. The van der Waals surface area contributed by atoms with Gasteiger partial charge in [0.1, 0.15) is 10.8 Å². The van der Waals surface area contributed by atoms with E-state index < -0.39 is 0 Å². The van der Waals surface area contributed by atoms with Gasteiger partial charge in [-0.15, -0.1) is 0 Å². The maximum Gasteiger partial charge on any atom is 0.128 e. The summed E-state index contributed by atoms with van der Waals surface area (Å²) in [6.07, 6.45) is 1.13. The first-order valence-electron chi connectivity index (χ1n) is 6.82. The minimum absolute atomic E-state index is 0.216. The average Bonchev–Trinajstić information content (AvgIpc) is 2.53. The van der Waals surface area contributed by atoms with Crippen LogP contribution in [-0.4, -0.2) is 33.5 Å². The van der Waals surface area contributed by atoms with Gasteiger partial charge in [0.15, 0.2) is 0 Å². The van der Waals surface area contributed by atoms with E-state index in [0.717, 1.165) is 30.8 Å². The van der Waals surface area contributed by atoms with E-state index >= 15 is 0 Å². The Kier molecular flexibility index (Phi) is 5.04. The van der Waals surface area contributed by atoms with Crippen molar-refractivity contribution in [3.8, 4) is 0 Å². The smallest absolute Gasteiger partial charge is 0.128 e. The monoisotopic (exact) mass is 312 g/mol. The number of thiocarbonyl (C=S) groups is 1. The van der Waals surface area contributed by atoms with E-state index in [2.05, 4.69) is 18.7 Å². The number of rotatable bonds is 3. The molecular weight excluding hydrogens is 291 g/mol. The Morgan fingerprint density at radius 2 is 2.20 bits per heavy atom. The molecule has 0 amide bonds. The molecule has 2 nitrogen and oxygen atoms in total. The van der Waals surface area contributed by atoms with Crippen LogP contribution in [0.4, 0.5) is 4.39 Å². The first-order chi connectivity index (χ1) is 9.37. The lowest BCUT2D eigenvalue weighted by atomic mass is 10.1. The molecule has 0 unspecified atom stereocenters. The fourth-order valence-corrected chi connectivity index (χ4v) is 3.55. The molecule has 0 spiro atoms. The Bertz CT molecular complexity index is 503. The third kappa shape index (κ3) is 4.17. The van der Waals surface area contributed by atoms with Crippen LogP contribution in [0.15, 0.2) is 18.2 Å². The number of halogens is 1. The van der Waals surface area contributed by atoms with E-state index in [1.165, 1.54) is 6.07 Å². The number of benzene rings is 1. The van der Waals surface area contributed by atoms with Gasteiger partial charge in [-0.2, -0.15) is 11.8 Å². The van der Waals surface area contributed by atoms with Gasteiger partial charge in [-0.3, -0.25) is 4.90 Å². The molecule has 1 saturated heterocycles. The van der Waals surface area contributed by atoms with E-state index in [1.807, 2.05) is 11.8 Å². The van der Waals surface area contributed by atoms with Crippen molar-refractivity contribution < 1.29 is 4.39 Å². The molecule has 5 heteroatoms. The predicted octanol–water partition coefficient (Wildman–Crippen LogP) is 3.18. The van der Waals surface area contributed by atoms with Crippen LogP contribution in [0.3, 0.4) is 0 Å². The van der Waals surface area contributed by atoms with Gasteiger partial charge in [0, 0.05) is 34.7 Å². The van der Waals surface area contributed by atoms with Crippen LogP contribution in [-0.2, 0) is 6.54 Å². The number of hydrogen-bond donors (Lipinski definition) is 1. The highest BCUT2D eigenvalue weighted by Gasteiger charge is 2.24. The molecule has 0 saturated carbocycles. The lowest BCUT2D eigenvalue weighted by Gasteiger charge is -2.22. The van der Waals surface area contributed by atoms with Gasteiger partial charge < -0.3 is 5.73 Å². The van der Waals surface area contributed by atoms with Gasteiger partial charge in [0.2, 0.25) is 0 Å². The van der Waals surface area contributed by atoms with Crippen molar-refractivity contribution in [2.45, 2.75) is 31.6 Å². The summed E-state index contributed by atoms with van der Waals surface area (Å²) in [5.74, 6) is 0.881. The molecular formula is C15H21FN2S2. The normalized spacial score (nSPS) is 19.6. The second-order valence-electron chi connectivity index (χ2n) is 5.80. The third-order valence-electron chi connectivity index (χ3n) is 3.66. The van der Waals surface area contributed by atoms with E-state index in [0.29, 0.717) is 16.9 Å². The lowest BCUT2D eigenvalue weighted by molar-refractivity contribution is 0.272. The average molecular weight is 312 g/mol. The van der Waals surface area contributed by atoms with Crippen LogP contribution in [0.2, 0.25) is 0 Å². The van der Waals surface area contributed by atoms with E-state index in [4.69, 9.17) is 18.0 Å². The molecule has 0 bridgehead atoms. The Hall–Kier alpha value is -0.650. The first kappa shape index (κ1) is 15.7. The largest absolute Gasteiger partial charge is 0.389 e. The van der Waals surface area contributed by atoms with Crippen LogP contribution in [0, 0.1) is 5.82 Å². The molecule has 1 heterocycles. The van der Waals surface area contributed by atoms with Gasteiger partial charge in [-0.1, -0.05) is 38.2 Å². The lowest BCUT2D eigenvalue weighted by Crippen LogP contribution is -2.27. The topological polar surface area (TPSA) is 29.3 Å². The van der Waals surface area contributed by atoms with Crippen LogP contribution >= 0.6 is 24.0 Å². The van der Waals surface area contributed by atoms with Gasteiger partial charge in [0.05, 0.1) is 0 Å². The maximum atomic E-state index is 14.1. The Labute approximate surface area is 129 Å². The zero-order valence-corrected chi connectivity index (χ0v) is 13.6. The van der Waals surface area contributed by atoms with Crippen molar-refractivity contribution >= 4 is 29.0 Å². The molecule has 1 aliphatic rings. The molecule has 0 radical (unpaired) electrons. The summed E-state index contributed by atoms with van der Waals surface area (Å²) < 4.78 is 14.4. The van der Waals surface area contributed by atoms with Crippen LogP contribution < -0.4 is 5.73 Å². The number of thioether (sulfide) groups is 1. The highest BCUT2D eigenvalue weighted by molar-refractivity contribution is 8.00. The van der Waals surface area contributed by atoms with Crippen LogP contribution in [0.5, 0.6) is 0 Å². The van der Waals surface area contributed by atoms with Crippen LogP contribution in [0.1, 0.15) is 31.4 Å². The molecule has 1 aliphatic heterocycles. The molecule has 1 fully saturated rings. The molecule has 20 heavy (non-hydrogen) atoms. The Morgan fingerprint density at radius 3 is 2.85 bits per heavy atom. The second-order valence-corrected chi connectivity index (χ2v) is 8.05. The van der Waals surface area contributed by atoms with Crippen molar-refractivity contribution in [1.29, 1.82) is 0 Å². The summed E-state index contributed by atoms with van der Waals surface area (Å²) in [6.45, 7) is 7.22. The van der Waals surface area contributed by atoms with Gasteiger partial charge >= 0.3 is 0 Å². The van der Waals surface area contributed by atoms with E-state index in [1.54, 1.807) is 12.1 Å². The molecule has 0 atom stereocenters. The molecule has 2 N–H and O–H groups in total. The quantitative estimate of drug-likeness (QED) is 0.868. The third-order valence-corrected chi connectivity index (χ3v) is 5.27. The predicted molar refractivity (Wildman–Crippen MR) is 88.7 cm³/mol. The minimum atomic E-state index is -0.216. The number of hydrogen-bond acceptors (Lipinski definition) is 3. The fraction of sp³-hybridized carbons (Fsp3) is 0.533. The summed E-state index contributed by atoms with van der Waals surface area (Å²) in [4.78, 5) is 2.56. The maximum absolute atomic E-state index is 14.1. The molecule has 0 aliphatic carbocycles. The number of nitrogens with zero attached hydrogens (tertiary/aromatic N) is 1. The Morgan fingerprint density at radius 1 is 1.45 bits per heavy atom. The summed E-state index contributed by atoms with van der Waals surface area (Å²) in [6, 6.07) is 5.04. The fourth-order valence-electron chi connectivity index (χ4n) is 2.29. The van der Waals surface area contributed by atoms with Gasteiger partial charge in [0.25, 0.3) is 0 Å². The standard InChI is InChI=1S/C15H21FN2S2/c1-15(2)5-6-18(7-8-20-15)10-12-4-3-11(14(17)19)9-13(12)16/h3-4,9H,5-8,10H2,1-2H3,(H2,17,19). The van der Waals surface area contributed by atoms with E-state index in [9.17, 15) is 4.39 Å². The molecule has 1 aromatic carbocycles. The summed E-state index contributed by atoms with van der Waals surface area (Å²) in [5.41, 5.74) is 6.83. The van der Waals surface area contributed by atoms with Crippen molar-refractivity contribution in [1.82, 2.24) is 4.90 Å². The first-order valence-corrected chi connectivity index (χ1v) is 8.21. The zero-order chi connectivity index (χ0) is 14.8. The van der Waals surface area contributed by atoms with E-state index in [-0.39, 0.29) is 10.8 Å². The molecule has 2 rings (SSSR count). The molecule has 0 aromatic heterocycles. The number of nitrogens with two attached hydrogens (primary N) is 1. The summed E-state index contributed by atoms with van der Waals surface area (Å²) >= 11 is 6.86. The Balaban J connectivity index is 2.05. The van der Waals surface area contributed by atoms with Crippen molar-refractivity contribution in [3.05, 3.63) is 35.1 Å². The van der Waals surface area contributed by atoms with Gasteiger partial charge in [-0.05, 0) is 19.0 Å². The van der Waals surface area contributed by atoms with Crippen molar-refractivity contribution in [2.75, 3.05) is 18.8 Å². The highest BCUT2D eigenvalue weighted by atomic mass is 32.2. The summed E-state index contributed by atoms with van der Waals surface area (Å²) in [7, 11) is 0. The van der Waals surface area contributed by atoms with Crippen LogP contribution in [0.25, 0.3) is 0 Å². The second kappa shape index (κ2) is 6.41. The summed E-state index contributed by atoms with van der Waals surface area (Å²) in [5, 5.41) is 0. The highest BCUT2D eigenvalue weighted by Crippen LogP contribution is 2.31. The van der Waals surface area contributed by atoms with Crippen molar-refractivity contribution in [2.24, 2.45) is 5.73 Å². The van der Waals surface area contributed by atoms with Gasteiger partial charge in [-0.25, -0.2) is 4.39 Å². The molecule has 1 aromatic rings. The molecule has 110 valence electrons.